The standard InChI is InChI=1S/C18H19N5O3/c1-13-12-15(22-26-13)21-18(25)17(24)20-8-5-10-23-11-9-19-16(23)14-6-3-2-4-7-14/h2-4,6-7,9,11-12H,5,8,10H2,1H3,(H,20,24)(H,21,22,25). The van der Waals surface area contributed by atoms with Gasteiger partial charge in [-0.3, -0.25) is 14.9 Å². The molecule has 0 radical (unpaired) electrons. The molecular formula is C18H19N5O3. The van der Waals surface area contributed by atoms with E-state index in [2.05, 4.69) is 20.8 Å². The second-order valence-corrected chi connectivity index (χ2v) is 5.70. The van der Waals surface area contributed by atoms with Crippen molar-refractivity contribution in [3.05, 3.63) is 54.6 Å². The molecule has 0 saturated carbocycles. The molecule has 8 heteroatoms. The number of amides is 2. The average Bonchev–Trinajstić information content (AvgIpc) is 3.28. The Kier molecular flexibility index (Phi) is 5.43. The van der Waals surface area contributed by atoms with Crippen LogP contribution in [0.4, 0.5) is 5.82 Å². The fourth-order valence-electron chi connectivity index (χ4n) is 2.47. The maximum Gasteiger partial charge on any atom is 0.314 e. The van der Waals surface area contributed by atoms with Crippen molar-refractivity contribution < 1.29 is 14.1 Å². The van der Waals surface area contributed by atoms with Crippen LogP contribution in [0, 0.1) is 6.92 Å². The van der Waals surface area contributed by atoms with Crippen molar-refractivity contribution in [1.82, 2.24) is 20.0 Å². The largest absolute Gasteiger partial charge is 0.360 e. The van der Waals surface area contributed by atoms with Crippen molar-refractivity contribution in [2.45, 2.75) is 19.9 Å². The lowest BCUT2D eigenvalue weighted by Gasteiger charge is -2.08. The Hall–Kier alpha value is -3.42. The van der Waals surface area contributed by atoms with Crippen molar-refractivity contribution >= 4 is 17.6 Å². The van der Waals surface area contributed by atoms with E-state index in [1.54, 1.807) is 13.1 Å². The molecule has 0 aliphatic carbocycles. The van der Waals surface area contributed by atoms with E-state index in [0.29, 0.717) is 25.3 Å². The Morgan fingerprint density at radius 3 is 2.73 bits per heavy atom. The van der Waals surface area contributed by atoms with Gasteiger partial charge in [0, 0.05) is 37.1 Å². The van der Waals surface area contributed by atoms with E-state index in [4.69, 9.17) is 4.52 Å². The average molecular weight is 353 g/mol. The molecule has 0 bridgehead atoms. The lowest BCUT2D eigenvalue weighted by Crippen LogP contribution is -2.36. The number of benzene rings is 1. The smallest absolute Gasteiger partial charge is 0.314 e. The molecule has 3 aromatic rings. The number of anilines is 1. The normalized spacial score (nSPS) is 10.5. The number of carbonyl (C=O) groups excluding carboxylic acids is 2. The number of hydrogen-bond acceptors (Lipinski definition) is 5. The van der Waals surface area contributed by atoms with E-state index in [-0.39, 0.29) is 5.82 Å². The molecule has 134 valence electrons. The number of nitrogens with one attached hydrogen (secondary N) is 2. The Balaban J connectivity index is 1.45. The molecular weight excluding hydrogens is 334 g/mol. The first kappa shape index (κ1) is 17.4. The molecule has 0 atom stereocenters. The van der Waals surface area contributed by atoms with Crippen molar-refractivity contribution in [2.75, 3.05) is 11.9 Å². The fraction of sp³-hybridized carbons (Fsp3) is 0.222. The summed E-state index contributed by atoms with van der Waals surface area (Å²) in [5.74, 6) is 0.158. The number of nitrogens with zero attached hydrogens (tertiary/aromatic N) is 3. The predicted molar refractivity (Wildman–Crippen MR) is 95.2 cm³/mol. The van der Waals surface area contributed by atoms with Gasteiger partial charge >= 0.3 is 11.8 Å². The van der Waals surface area contributed by atoms with Crippen LogP contribution in [0.25, 0.3) is 11.4 Å². The first-order valence-electron chi connectivity index (χ1n) is 8.22. The molecule has 2 aromatic heterocycles. The third kappa shape index (κ3) is 4.35. The highest BCUT2D eigenvalue weighted by Crippen LogP contribution is 2.16. The summed E-state index contributed by atoms with van der Waals surface area (Å²) < 4.78 is 6.84. The van der Waals surface area contributed by atoms with Gasteiger partial charge in [-0.2, -0.15) is 0 Å². The van der Waals surface area contributed by atoms with Gasteiger partial charge in [-0.1, -0.05) is 35.5 Å². The highest BCUT2D eigenvalue weighted by atomic mass is 16.5. The molecule has 8 nitrogen and oxygen atoms in total. The van der Waals surface area contributed by atoms with Crippen LogP contribution in [0.3, 0.4) is 0 Å². The first-order chi connectivity index (χ1) is 12.6. The van der Waals surface area contributed by atoms with Crippen molar-refractivity contribution in [3.8, 4) is 11.4 Å². The van der Waals surface area contributed by atoms with Crippen LogP contribution >= 0.6 is 0 Å². The zero-order valence-electron chi connectivity index (χ0n) is 14.3. The zero-order chi connectivity index (χ0) is 18.4. The van der Waals surface area contributed by atoms with Crippen LogP contribution in [0.2, 0.25) is 0 Å². The quantitative estimate of drug-likeness (QED) is 0.521. The fourth-order valence-corrected chi connectivity index (χ4v) is 2.47. The Morgan fingerprint density at radius 1 is 1.19 bits per heavy atom. The van der Waals surface area contributed by atoms with Gasteiger partial charge in [0.25, 0.3) is 0 Å². The Labute approximate surface area is 150 Å². The van der Waals surface area contributed by atoms with Crippen molar-refractivity contribution in [3.63, 3.8) is 0 Å². The summed E-state index contributed by atoms with van der Waals surface area (Å²) in [7, 11) is 0. The van der Waals surface area contributed by atoms with Crippen LogP contribution in [-0.4, -0.2) is 33.1 Å². The summed E-state index contributed by atoms with van der Waals surface area (Å²) in [6, 6.07) is 11.4. The molecule has 2 N–H and O–H groups in total. The minimum atomic E-state index is -0.772. The van der Waals surface area contributed by atoms with Crippen molar-refractivity contribution in [2.24, 2.45) is 0 Å². The zero-order valence-corrected chi connectivity index (χ0v) is 14.3. The van der Waals surface area contributed by atoms with Gasteiger partial charge in [-0.25, -0.2) is 4.98 Å². The minimum absolute atomic E-state index is 0.216. The molecule has 0 aliphatic heterocycles. The minimum Gasteiger partial charge on any atom is -0.360 e. The number of imidazole rings is 1. The van der Waals surface area contributed by atoms with E-state index in [1.807, 2.05) is 41.1 Å². The predicted octanol–water partition coefficient (Wildman–Crippen LogP) is 1.99. The van der Waals surface area contributed by atoms with E-state index in [1.165, 1.54) is 6.07 Å². The number of aryl methyl sites for hydroxylation is 2. The number of aromatic nitrogens is 3. The molecule has 0 spiro atoms. The summed E-state index contributed by atoms with van der Waals surface area (Å²) in [5.41, 5.74) is 1.03. The summed E-state index contributed by atoms with van der Waals surface area (Å²) in [5, 5.41) is 8.57. The van der Waals surface area contributed by atoms with Crippen LogP contribution in [0.1, 0.15) is 12.2 Å². The van der Waals surface area contributed by atoms with Gasteiger partial charge in [0.1, 0.15) is 11.6 Å². The lowest BCUT2D eigenvalue weighted by molar-refractivity contribution is -0.136. The molecule has 2 amide bonds. The highest BCUT2D eigenvalue weighted by molar-refractivity contribution is 6.39. The molecule has 0 saturated heterocycles. The number of rotatable bonds is 6. The lowest BCUT2D eigenvalue weighted by atomic mass is 10.2. The highest BCUT2D eigenvalue weighted by Gasteiger charge is 2.15. The van der Waals surface area contributed by atoms with Crippen LogP contribution in [0.15, 0.2) is 53.3 Å². The van der Waals surface area contributed by atoms with E-state index in [9.17, 15) is 9.59 Å². The third-order valence-electron chi connectivity index (χ3n) is 3.68. The molecule has 0 unspecified atom stereocenters. The van der Waals surface area contributed by atoms with Gasteiger partial charge in [0.2, 0.25) is 0 Å². The van der Waals surface area contributed by atoms with Crippen LogP contribution in [-0.2, 0) is 16.1 Å². The van der Waals surface area contributed by atoms with Gasteiger partial charge in [-0.15, -0.1) is 0 Å². The summed E-state index contributed by atoms with van der Waals surface area (Å²) >= 11 is 0. The van der Waals surface area contributed by atoms with E-state index >= 15 is 0 Å². The monoisotopic (exact) mass is 353 g/mol. The molecule has 0 aliphatic rings. The SMILES string of the molecule is Cc1cc(NC(=O)C(=O)NCCCn2ccnc2-c2ccccc2)no1. The van der Waals surface area contributed by atoms with Gasteiger partial charge in [0.15, 0.2) is 5.82 Å². The van der Waals surface area contributed by atoms with E-state index in [0.717, 1.165) is 11.4 Å². The third-order valence-corrected chi connectivity index (χ3v) is 3.68. The number of carbonyl (C=O) groups is 2. The van der Waals surface area contributed by atoms with Crippen molar-refractivity contribution in [1.29, 1.82) is 0 Å². The Bertz CT molecular complexity index is 885. The van der Waals surface area contributed by atoms with Crippen LogP contribution in [0.5, 0.6) is 0 Å². The van der Waals surface area contributed by atoms with Crippen LogP contribution < -0.4 is 10.6 Å². The second kappa shape index (κ2) is 8.11. The van der Waals surface area contributed by atoms with Gasteiger partial charge < -0.3 is 14.4 Å². The maximum atomic E-state index is 11.8. The van der Waals surface area contributed by atoms with Gasteiger partial charge in [0.05, 0.1) is 0 Å². The molecule has 1 aromatic carbocycles. The number of hydrogen-bond donors (Lipinski definition) is 2. The summed E-state index contributed by atoms with van der Waals surface area (Å²) in [4.78, 5) is 27.9. The topological polar surface area (TPSA) is 102 Å². The summed E-state index contributed by atoms with van der Waals surface area (Å²) in [6.45, 7) is 2.74. The van der Waals surface area contributed by atoms with Gasteiger partial charge in [-0.05, 0) is 13.3 Å². The Morgan fingerprint density at radius 2 is 2.00 bits per heavy atom. The summed E-state index contributed by atoms with van der Waals surface area (Å²) in [6.07, 6.45) is 4.30. The molecule has 26 heavy (non-hydrogen) atoms. The molecule has 3 rings (SSSR count). The molecule has 2 heterocycles. The van der Waals surface area contributed by atoms with E-state index < -0.39 is 11.8 Å². The second-order valence-electron chi connectivity index (χ2n) is 5.70. The maximum absolute atomic E-state index is 11.8. The molecule has 0 fully saturated rings. The first-order valence-corrected chi connectivity index (χ1v) is 8.22.